The lowest BCUT2D eigenvalue weighted by atomic mass is 9.67. The average Bonchev–Trinajstić information content (AvgIpc) is 1.77. The Bertz CT molecular complexity index is 2940. The van der Waals surface area contributed by atoms with Gasteiger partial charge in [0, 0.05) is 72.9 Å². The van der Waals surface area contributed by atoms with E-state index in [1.165, 1.54) is 41.8 Å². The highest BCUT2D eigenvalue weighted by atomic mass is 16.6. The number of nitro benzene ring substituents is 2. The molecule has 4 aromatic carbocycles. The quantitative estimate of drug-likeness (QED) is 0.0164. The highest BCUT2D eigenvalue weighted by molar-refractivity contribution is 5.98. The summed E-state index contributed by atoms with van der Waals surface area (Å²) >= 11 is 0. The summed E-state index contributed by atoms with van der Waals surface area (Å²) in [5, 5.41) is 32.4. The number of nitrogens with zero attached hydrogens (tertiary/aromatic N) is 4. The predicted octanol–water partition coefficient (Wildman–Crippen LogP) is 8.02. The topological polar surface area (TPSA) is 271 Å². The molecule has 0 bridgehead atoms. The average molecular weight is 1210 g/mol. The molecule has 2 unspecified atom stereocenters. The monoisotopic (exact) mass is 1210 g/mol. The Labute approximate surface area is 508 Å². The lowest BCUT2D eigenvalue weighted by Gasteiger charge is -2.45. The molecule has 5 aromatic rings. The SMILES string of the molecule is Cc1ccc2c(c1)NCC21CCN(CCC2CCN(C(=O)c3cc4cc(Oc5ccc(C(=O)NCCOCCOCCOCCOCCOCCOCCOCCOCCOCCNc6ccc([N+](=O)[O-])cc6[N+](=O)[O-])cc5)ccc4[nH]3)CC2)CC1C. The lowest BCUT2D eigenvalue weighted by molar-refractivity contribution is -0.393. The number of rotatable bonds is 40. The highest BCUT2D eigenvalue weighted by Crippen LogP contribution is 2.47. The number of anilines is 2. The first kappa shape index (κ1) is 66.1. The second-order valence-electron chi connectivity index (χ2n) is 22.0. The van der Waals surface area contributed by atoms with Gasteiger partial charge in [0.2, 0.25) is 0 Å². The fourth-order valence-electron chi connectivity index (χ4n) is 11.2. The number of nitrogens with one attached hydrogen (secondary N) is 4. The minimum Gasteiger partial charge on any atom is -0.457 e. The second kappa shape index (κ2) is 35.2. The number of aromatic nitrogens is 1. The molecule has 2 amide bonds. The molecule has 1 spiro atoms. The lowest BCUT2D eigenvalue weighted by Crippen LogP contribution is -2.50. The van der Waals surface area contributed by atoms with Crippen LogP contribution in [0.5, 0.6) is 11.5 Å². The van der Waals surface area contributed by atoms with Gasteiger partial charge in [0.15, 0.2) is 0 Å². The number of fused-ring (bicyclic) bond motifs is 3. The number of aryl methyl sites for hydroxylation is 1. The van der Waals surface area contributed by atoms with Gasteiger partial charge in [-0.2, -0.15) is 0 Å². The maximum Gasteiger partial charge on any atom is 0.299 e. The summed E-state index contributed by atoms with van der Waals surface area (Å²) in [4.78, 5) is 55.2. The van der Waals surface area contributed by atoms with Crippen LogP contribution in [-0.4, -0.2) is 208 Å². The number of ether oxygens (including phenoxy) is 10. The third-order valence-corrected chi connectivity index (χ3v) is 16.0. The van der Waals surface area contributed by atoms with Crippen LogP contribution in [0.4, 0.5) is 22.7 Å². The van der Waals surface area contributed by atoms with Crippen LogP contribution < -0.4 is 20.7 Å². The molecular formula is C63H86N8O16. The highest BCUT2D eigenvalue weighted by Gasteiger charge is 2.46. The Morgan fingerprint density at radius 2 is 1.22 bits per heavy atom. The van der Waals surface area contributed by atoms with Gasteiger partial charge in [-0.1, -0.05) is 19.1 Å². The second-order valence-corrected chi connectivity index (χ2v) is 22.0. The third-order valence-electron chi connectivity index (χ3n) is 16.0. The van der Waals surface area contributed by atoms with Crippen molar-refractivity contribution in [3.63, 3.8) is 0 Å². The van der Waals surface area contributed by atoms with Gasteiger partial charge >= 0.3 is 0 Å². The first-order valence-corrected chi connectivity index (χ1v) is 30.4. The van der Waals surface area contributed by atoms with E-state index in [0.29, 0.717) is 153 Å². The molecule has 0 radical (unpaired) electrons. The standard InChI is InChI=1S/C63H86N8O16/c1-47-3-10-55-58(41-47)66-46-63(55)16-22-68(45-48(63)2)19-13-49-14-20-69(21-15-49)62(73)59-43-51-42-54(9-12-56(51)67-59)87-53-7-4-50(5-8-53)61(72)65-18-24-79-26-28-81-30-32-83-34-36-85-38-40-86-39-37-84-35-33-82-31-29-80-27-25-78-23-17-64-57-11-6-52(70(74)75)44-60(57)71(76)77/h3-12,41-44,48-49,64,66-67H,13-40,45-46H2,1-2H3,(H,65,72). The molecule has 87 heavy (non-hydrogen) atoms. The van der Waals surface area contributed by atoms with E-state index >= 15 is 0 Å². The van der Waals surface area contributed by atoms with Crippen LogP contribution in [0, 0.1) is 39.0 Å². The van der Waals surface area contributed by atoms with Crippen molar-refractivity contribution in [3.8, 4) is 11.5 Å². The number of non-ortho nitro benzene ring substituents is 1. The maximum absolute atomic E-state index is 13.7. The number of aromatic amines is 1. The van der Waals surface area contributed by atoms with Crippen LogP contribution in [0.2, 0.25) is 0 Å². The fourth-order valence-corrected chi connectivity index (χ4v) is 11.2. The van der Waals surface area contributed by atoms with E-state index < -0.39 is 9.85 Å². The van der Waals surface area contributed by atoms with E-state index in [1.54, 1.807) is 24.3 Å². The number of benzene rings is 4. The molecule has 474 valence electrons. The normalized spacial score (nSPS) is 16.9. The molecule has 0 saturated carbocycles. The maximum atomic E-state index is 13.7. The number of likely N-dealkylation sites (tertiary alicyclic amines) is 2. The molecular weight excluding hydrogens is 1120 g/mol. The van der Waals surface area contributed by atoms with Gasteiger partial charge in [0.25, 0.3) is 23.2 Å². The zero-order chi connectivity index (χ0) is 61.1. The van der Waals surface area contributed by atoms with Gasteiger partial charge in [-0.25, -0.2) is 0 Å². The smallest absolute Gasteiger partial charge is 0.299 e. The van der Waals surface area contributed by atoms with Crippen molar-refractivity contribution < 1.29 is 66.8 Å². The van der Waals surface area contributed by atoms with E-state index in [1.807, 2.05) is 29.2 Å². The number of amides is 2. The van der Waals surface area contributed by atoms with Gasteiger partial charge in [-0.3, -0.25) is 29.8 Å². The van der Waals surface area contributed by atoms with E-state index in [2.05, 4.69) is 57.9 Å². The first-order chi connectivity index (χ1) is 42.5. The number of H-pyrrole nitrogens is 1. The van der Waals surface area contributed by atoms with Crippen molar-refractivity contribution in [2.45, 2.75) is 44.9 Å². The predicted molar refractivity (Wildman–Crippen MR) is 328 cm³/mol. The molecule has 24 heteroatoms. The number of carbonyl (C=O) groups excluding carboxylic acids is 2. The van der Waals surface area contributed by atoms with E-state index in [-0.39, 0.29) is 47.4 Å². The van der Waals surface area contributed by atoms with E-state index in [4.69, 9.17) is 47.4 Å². The van der Waals surface area contributed by atoms with Gasteiger partial charge in [-0.05, 0) is 129 Å². The van der Waals surface area contributed by atoms with Crippen molar-refractivity contribution in [2.75, 3.05) is 182 Å². The number of hydrogen-bond acceptors (Lipinski definition) is 19. The first-order valence-electron chi connectivity index (χ1n) is 30.4. The van der Waals surface area contributed by atoms with E-state index in [9.17, 15) is 29.8 Å². The molecule has 24 nitrogen and oxygen atoms in total. The minimum absolute atomic E-state index is 0.0372. The number of carbonyl (C=O) groups is 2. The number of hydrogen-bond donors (Lipinski definition) is 4. The molecule has 3 aliphatic rings. The van der Waals surface area contributed by atoms with Crippen LogP contribution in [0.3, 0.4) is 0 Å². The largest absolute Gasteiger partial charge is 0.457 e. The number of nitro groups is 2. The summed E-state index contributed by atoms with van der Waals surface area (Å²) in [5.74, 6) is 2.27. The summed E-state index contributed by atoms with van der Waals surface area (Å²) in [7, 11) is 0. The molecule has 1 aromatic heterocycles. The van der Waals surface area contributed by atoms with Crippen LogP contribution >= 0.6 is 0 Å². The summed E-state index contributed by atoms with van der Waals surface area (Å²) in [6.07, 6.45) is 4.44. The fraction of sp³-hybridized carbons (Fsp3) is 0.556. The van der Waals surface area contributed by atoms with E-state index in [0.717, 1.165) is 69.1 Å². The van der Waals surface area contributed by atoms with Crippen LogP contribution in [-0.2, 0) is 48.0 Å². The summed E-state index contributed by atoms with van der Waals surface area (Å²) in [5.41, 5.74) is 5.80. The Balaban J connectivity index is 0.554. The molecule has 2 saturated heterocycles. The van der Waals surface area contributed by atoms with Gasteiger partial charge in [-0.15, -0.1) is 0 Å². The molecule has 2 fully saturated rings. The summed E-state index contributed by atoms with van der Waals surface area (Å²) < 4.78 is 55.8. The van der Waals surface area contributed by atoms with Crippen molar-refractivity contribution in [3.05, 3.63) is 128 Å². The zero-order valence-corrected chi connectivity index (χ0v) is 50.3. The van der Waals surface area contributed by atoms with Crippen molar-refractivity contribution in [2.24, 2.45) is 11.8 Å². The molecule has 0 aliphatic carbocycles. The van der Waals surface area contributed by atoms with Gasteiger partial charge in [0.05, 0.1) is 135 Å². The van der Waals surface area contributed by atoms with Gasteiger partial charge < -0.3 is 78.1 Å². The Kier molecular flexibility index (Phi) is 26.8. The van der Waals surface area contributed by atoms with Crippen LogP contribution in [0.25, 0.3) is 10.9 Å². The molecule has 8 rings (SSSR count). The van der Waals surface area contributed by atoms with Crippen LogP contribution in [0.15, 0.2) is 84.9 Å². The molecule has 4 heterocycles. The molecule has 2 atom stereocenters. The van der Waals surface area contributed by atoms with Crippen molar-refractivity contribution >= 4 is 45.5 Å². The zero-order valence-electron chi connectivity index (χ0n) is 50.3. The molecule has 4 N–H and O–H groups in total. The minimum atomic E-state index is -0.683. The summed E-state index contributed by atoms with van der Waals surface area (Å²) in [6, 6.07) is 24.9. The van der Waals surface area contributed by atoms with Crippen LogP contribution in [0.1, 0.15) is 64.6 Å². The Morgan fingerprint density at radius 3 is 1.79 bits per heavy atom. The third kappa shape index (κ3) is 20.6. The Morgan fingerprint density at radius 1 is 0.644 bits per heavy atom. The van der Waals surface area contributed by atoms with Gasteiger partial charge in [0.1, 0.15) is 22.9 Å². The van der Waals surface area contributed by atoms with Crippen molar-refractivity contribution in [1.82, 2.24) is 20.1 Å². The van der Waals surface area contributed by atoms with Crippen molar-refractivity contribution in [1.29, 1.82) is 0 Å². The Hall–Kier alpha value is -6.84. The number of piperidine rings is 2. The molecule has 3 aliphatic heterocycles. The summed E-state index contributed by atoms with van der Waals surface area (Å²) in [6.45, 7) is 18.4.